The van der Waals surface area contributed by atoms with E-state index in [-0.39, 0.29) is 18.1 Å². The lowest BCUT2D eigenvalue weighted by Gasteiger charge is -2.54. The normalized spacial score (nSPS) is 35.1. The number of aliphatic hydroxyl groups excluding tert-OH is 1. The summed E-state index contributed by atoms with van der Waals surface area (Å²) < 4.78 is 15.7. The van der Waals surface area contributed by atoms with Gasteiger partial charge < -0.3 is 19.0 Å². The summed E-state index contributed by atoms with van der Waals surface area (Å²) >= 11 is 0. The van der Waals surface area contributed by atoms with E-state index in [1.807, 2.05) is 26.0 Å². The van der Waals surface area contributed by atoms with Gasteiger partial charge in [0.2, 0.25) is 0 Å². The fourth-order valence-electron chi connectivity index (χ4n) is 5.13. The van der Waals surface area contributed by atoms with Crippen molar-refractivity contribution in [3.05, 3.63) is 59.3 Å². The molecule has 6 nitrogen and oxygen atoms in total. The zero-order chi connectivity index (χ0) is 19.4. The zero-order valence-electron chi connectivity index (χ0n) is 15.5. The number of fused-ring (bicyclic) bond motifs is 3. The topological polar surface area (TPSA) is 86.0 Å². The number of hydrogen-bond acceptors (Lipinski definition) is 6. The molecule has 142 valence electrons. The summed E-state index contributed by atoms with van der Waals surface area (Å²) in [5, 5.41) is 10.8. The minimum Gasteiger partial charge on any atom is -0.512 e. The number of furan rings is 1. The molecule has 1 aliphatic heterocycles. The van der Waals surface area contributed by atoms with Gasteiger partial charge in [-0.15, -0.1) is 0 Å². The van der Waals surface area contributed by atoms with Gasteiger partial charge in [0, 0.05) is 28.4 Å². The second-order valence-corrected chi connectivity index (χ2v) is 7.92. The van der Waals surface area contributed by atoms with E-state index in [4.69, 9.17) is 13.9 Å². The molecule has 4 rings (SSSR count). The van der Waals surface area contributed by atoms with Crippen molar-refractivity contribution in [3.63, 3.8) is 0 Å². The van der Waals surface area contributed by atoms with Gasteiger partial charge in [0.25, 0.3) is 0 Å². The van der Waals surface area contributed by atoms with Gasteiger partial charge in [-0.1, -0.05) is 32.1 Å². The summed E-state index contributed by atoms with van der Waals surface area (Å²) in [6.07, 6.45) is 8.88. The second kappa shape index (κ2) is 5.87. The number of aliphatic hydroxyl groups is 1. The van der Waals surface area contributed by atoms with Gasteiger partial charge >= 0.3 is 11.9 Å². The van der Waals surface area contributed by atoms with Crippen LogP contribution in [0.25, 0.3) is 0 Å². The molecular weight excluding hydrogens is 348 g/mol. The van der Waals surface area contributed by atoms with E-state index in [9.17, 15) is 14.7 Å². The van der Waals surface area contributed by atoms with Crippen LogP contribution >= 0.6 is 0 Å². The van der Waals surface area contributed by atoms with Crippen molar-refractivity contribution in [2.45, 2.75) is 32.8 Å². The molecule has 3 aliphatic rings. The second-order valence-electron chi connectivity index (χ2n) is 7.92. The Hall–Kier alpha value is -2.76. The van der Waals surface area contributed by atoms with E-state index in [0.717, 1.165) is 5.56 Å². The number of hydrogen-bond donors (Lipinski definition) is 1. The van der Waals surface area contributed by atoms with Crippen LogP contribution in [0.5, 0.6) is 0 Å². The highest BCUT2D eigenvalue weighted by Crippen LogP contribution is 2.62. The Morgan fingerprint density at radius 3 is 2.78 bits per heavy atom. The third-order valence-electron chi connectivity index (χ3n) is 6.33. The molecule has 1 aromatic heterocycles. The summed E-state index contributed by atoms with van der Waals surface area (Å²) in [7, 11) is 1.35. The predicted octanol–water partition coefficient (Wildman–Crippen LogP) is 3.78. The fourth-order valence-corrected chi connectivity index (χ4v) is 5.13. The smallest absolute Gasteiger partial charge is 0.338 e. The number of rotatable bonds is 2. The Bertz CT molecular complexity index is 890. The van der Waals surface area contributed by atoms with Crippen LogP contribution in [0.2, 0.25) is 0 Å². The molecule has 1 fully saturated rings. The van der Waals surface area contributed by atoms with Crippen molar-refractivity contribution in [3.8, 4) is 0 Å². The van der Waals surface area contributed by atoms with E-state index >= 15 is 0 Å². The molecule has 27 heavy (non-hydrogen) atoms. The molecule has 0 radical (unpaired) electrons. The lowest BCUT2D eigenvalue weighted by Crippen LogP contribution is -2.52. The largest absolute Gasteiger partial charge is 0.512 e. The van der Waals surface area contributed by atoms with Gasteiger partial charge in [0.05, 0.1) is 25.2 Å². The quantitative estimate of drug-likeness (QED) is 0.798. The third kappa shape index (κ3) is 2.39. The molecule has 2 heterocycles. The van der Waals surface area contributed by atoms with Crippen LogP contribution in [0.3, 0.4) is 0 Å². The zero-order valence-corrected chi connectivity index (χ0v) is 15.5. The van der Waals surface area contributed by atoms with Crippen molar-refractivity contribution in [1.82, 2.24) is 0 Å². The molecule has 6 heteroatoms. The first kappa shape index (κ1) is 17.6. The van der Waals surface area contributed by atoms with Crippen LogP contribution in [0, 0.1) is 16.7 Å². The predicted molar refractivity (Wildman–Crippen MR) is 95.4 cm³/mol. The van der Waals surface area contributed by atoms with Crippen molar-refractivity contribution < 1.29 is 28.6 Å². The molecule has 0 saturated carbocycles. The molecule has 0 unspecified atom stereocenters. The first-order valence-electron chi connectivity index (χ1n) is 8.94. The highest BCUT2D eigenvalue weighted by Gasteiger charge is 2.60. The van der Waals surface area contributed by atoms with Crippen LogP contribution in [-0.4, -0.2) is 24.2 Å². The van der Waals surface area contributed by atoms with Gasteiger partial charge in [-0.05, 0) is 18.4 Å². The molecule has 0 aromatic carbocycles. The average Bonchev–Trinajstić information content (AvgIpc) is 3.14. The maximum atomic E-state index is 12.8. The van der Waals surface area contributed by atoms with Crippen molar-refractivity contribution >= 4 is 11.9 Å². The van der Waals surface area contributed by atoms with Crippen LogP contribution in [0.1, 0.15) is 38.4 Å². The van der Waals surface area contributed by atoms with Gasteiger partial charge in [-0.3, -0.25) is 0 Å². The van der Waals surface area contributed by atoms with Crippen LogP contribution < -0.4 is 0 Å². The molecule has 0 bridgehead atoms. The number of cyclic esters (lactones) is 1. The molecule has 4 atom stereocenters. The maximum absolute atomic E-state index is 12.8. The fraction of sp³-hybridized carbons (Fsp3) is 0.429. The Balaban J connectivity index is 1.84. The molecule has 1 N–H and O–H groups in total. The molecule has 1 aromatic rings. The van der Waals surface area contributed by atoms with Crippen molar-refractivity contribution in [1.29, 1.82) is 0 Å². The standard InChI is InChI=1S/C21H22O6/c1-20-9-14(22)17-19(24)27-15(12-7-8-26-11-12)10-21(17,2)16(20)6-4-5-13(20)18(23)25-3/h4-8,11,15-16,22H,9-10H2,1-3H3/t15-,16+,20-,21-/m1/s1. The van der Waals surface area contributed by atoms with Gasteiger partial charge in [0.15, 0.2) is 0 Å². The van der Waals surface area contributed by atoms with E-state index in [0.29, 0.717) is 17.6 Å². The minimum atomic E-state index is -0.696. The van der Waals surface area contributed by atoms with Crippen molar-refractivity contribution in [2.24, 2.45) is 16.7 Å². The molecule has 0 amide bonds. The first-order valence-corrected chi connectivity index (χ1v) is 8.94. The summed E-state index contributed by atoms with van der Waals surface area (Å²) in [6, 6.07) is 1.77. The average molecular weight is 370 g/mol. The van der Waals surface area contributed by atoms with E-state index in [1.54, 1.807) is 18.4 Å². The summed E-state index contributed by atoms with van der Waals surface area (Å²) in [4.78, 5) is 25.2. The Kier molecular flexibility index (Phi) is 3.84. The third-order valence-corrected chi connectivity index (χ3v) is 6.33. The number of methoxy groups -OCH3 is 1. The SMILES string of the molecule is COC(=O)C1=CC=C[C@@H]2[C@@]3(C)C[C@H](c4ccoc4)OC(=O)C3=C(O)C[C@]12C. The number of carbonyl (C=O) groups excluding carboxylic acids is 2. The number of allylic oxidation sites excluding steroid dienone is 4. The number of carbonyl (C=O) groups is 2. The molecule has 1 saturated heterocycles. The first-order chi connectivity index (χ1) is 12.8. The van der Waals surface area contributed by atoms with E-state index in [2.05, 4.69) is 0 Å². The lowest BCUT2D eigenvalue weighted by atomic mass is 9.50. The van der Waals surface area contributed by atoms with Crippen molar-refractivity contribution in [2.75, 3.05) is 7.11 Å². The van der Waals surface area contributed by atoms with Crippen LogP contribution in [0.4, 0.5) is 0 Å². The van der Waals surface area contributed by atoms with Crippen LogP contribution in [0.15, 0.2) is 58.1 Å². The number of esters is 2. The summed E-state index contributed by atoms with van der Waals surface area (Å²) in [5.41, 5.74) is 0.212. The molecular formula is C21H22O6. The maximum Gasteiger partial charge on any atom is 0.338 e. The Morgan fingerprint density at radius 1 is 1.33 bits per heavy atom. The highest BCUT2D eigenvalue weighted by atomic mass is 16.5. The molecule has 0 spiro atoms. The highest BCUT2D eigenvalue weighted by molar-refractivity contribution is 5.94. The van der Waals surface area contributed by atoms with Gasteiger partial charge in [-0.25, -0.2) is 9.59 Å². The molecule has 2 aliphatic carbocycles. The summed E-state index contributed by atoms with van der Waals surface area (Å²) in [5.74, 6) is -1.12. The number of ether oxygens (including phenoxy) is 2. The Labute approximate surface area is 157 Å². The Morgan fingerprint density at radius 2 is 2.11 bits per heavy atom. The monoisotopic (exact) mass is 370 g/mol. The van der Waals surface area contributed by atoms with Gasteiger partial charge in [-0.2, -0.15) is 0 Å². The van der Waals surface area contributed by atoms with E-state index in [1.165, 1.54) is 13.4 Å². The lowest BCUT2D eigenvalue weighted by molar-refractivity contribution is -0.157. The summed E-state index contributed by atoms with van der Waals surface area (Å²) in [6.45, 7) is 3.90. The van der Waals surface area contributed by atoms with Gasteiger partial charge in [0.1, 0.15) is 11.9 Å². The minimum absolute atomic E-state index is 0.0167. The van der Waals surface area contributed by atoms with Crippen LogP contribution in [-0.2, 0) is 19.1 Å². The van der Waals surface area contributed by atoms with E-state index < -0.39 is 28.9 Å².